The number of likely N-dealkylation sites (tertiary alicyclic amines) is 2. The summed E-state index contributed by atoms with van der Waals surface area (Å²) in [5, 5.41) is 0. The fourth-order valence-corrected chi connectivity index (χ4v) is 2.87. The van der Waals surface area contributed by atoms with E-state index in [2.05, 4.69) is 41.5 Å². The van der Waals surface area contributed by atoms with E-state index in [4.69, 9.17) is 0 Å². The Morgan fingerprint density at radius 1 is 0.667 bits per heavy atom. The van der Waals surface area contributed by atoms with Gasteiger partial charge in [-0.3, -0.25) is 9.59 Å². The lowest BCUT2D eigenvalue weighted by Gasteiger charge is -2.38. The minimum atomic E-state index is 0.0253. The Morgan fingerprint density at radius 2 is 1.05 bits per heavy atom. The van der Waals surface area contributed by atoms with Gasteiger partial charge in [0.2, 0.25) is 11.8 Å². The number of piperidine rings is 1. The van der Waals surface area contributed by atoms with Crippen LogP contribution in [0.1, 0.15) is 73.6 Å². The largest absolute Gasteiger partial charge is 0.338 e. The zero-order chi connectivity index (χ0) is 16.3. The summed E-state index contributed by atoms with van der Waals surface area (Å²) in [7, 11) is 0. The van der Waals surface area contributed by atoms with Crippen molar-refractivity contribution in [3.05, 3.63) is 0 Å². The van der Waals surface area contributed by atoms with Gasteiger partial charge in [0, 0.05) is 37.0 Å². The first-order valence-corrected chi connectivity index (χ1v) is 8.14. The van der Waals surface area contributed by atoms with Crippen LogP contribution in [0.25, 0.3) is 0 Å². The Hall–Kier alpha value is -1.06. The van der Waals surface area contributed by atoms with Gasteiger partial charge in [-0.2, -0.15) is 0 Å². The molecule has 2 amide bonds. The molecule has 0 N–H and O–H groups in total. The molecule has 4 heteroatoms. The molecule has 0 spiro atoms. The lowest BCUT2D eigenvalue weighted by Crippen LogP contribution is -2.47. The van der Waals surface area contributed by atoms with Crippen molar-refractivity contribution in [2.45, 2.75) is 84.7 Å². The SMILES string of the molecule is CC(C)(C)N1CCCC1=O.CC(C)(C)N1CCCCC1=O. The molecule has 2 rings (SSSR count). The average molecular weight is 296 g/mol. The Bertz CT molecular complexity index is 377. The lowest BCUT2D eigenvalue weighted by atomic mass is 10.0. The van der Waals surface area contributed by atoms with E-state index in [0.717, 1.165) is 38.8 Å². The van der Waals surface area contributed by atoms with Crippen molar-refractivity contribution in [2.24, 2.45) is 0 Å². The molecule has 0 aromatic rings. The topological polar surface area (TPSA) is 40.6 Å². The zero-order valence-electron chi connectivity index (χ0n) is 14.7. The number of hydrogen-bond acceptors (Lipinski definition) is 2. The molecule has 2 heterocycles. The van der Waals surface area contributed by atoms with Gasteiger partial charge in [-0.1, -0.05) is 0 Å². The van der Waals surface area contributed by atoms with Crippen LogP contribution in [-0.2, 0) is 9.59 Å². The summed E-state index contributed by atoms with van der Waals surface area (Å²) in [6.07, 6.45) is 4.78. The quantitative estimate of drug-likeness (QED) is 0.688. The molecule has 2 aliphatic rings. The number of rotatable bonds is 0. The Kier molecular flexibility index (Phi) is 5.83. The third-order valence-electron chi connectivity index (χ3n) is 4.02. The van der Waals surface area contributed by atoms with E-state index in [1.165, 1.54) is 6.42 Å². The molecule has 2 fully saturated rings. The van der Waals surface area contributed by atoms with Gasteiger partial charge in [-0.05, 0) is 60.8 Å². The normalized spacial score (nSPS) is 20.5. The number of amides is 2. The van der Waals surface area contributed by atoms with Crippen LogP contribution in [0.4, 0.5) is 0 Å². The molecule has 0 saturated carbocycles. The van der Waals surface area contributed by atoms with E-state index in [-0.39, 0.29) is 11.1 Å². The molecule has 4 nitrogen and oxygen atoms in total. The Labute approximate surface area is 129 Å². The summed E-state index contributed by atoms with van der Waals surface area (Å²) < 4.78 is 0. The predicted molar refractivity (Wildman–Crippen MR) is 86.0 cm³/mol. The molecule has 122 valence electrons. The van der Waals surface area contributed by atoms with Crippen LogP contribution in [0.3, 0.4) is 0 Å². The standard InChI is InChI=1S/C9H17NO.C8H15NO/c1-9(2,3)10-7-5-4-6-8(10)11;1-8(2,3)9-6-4-5-7(9)10/h4-7H2,1-3H3;4-6H2,1-3H3. The second-order valence-electron chi connectivity index (χ2n) is 7.99. The van der Waals surface area contributed by atoms with Crippen molar-refractivity contribution >= 4 is 11.8 Å². The summed E-state index contributed by atoms with van der Waals surface area (Å²) >= 11 is 0. The van der Waals surface area contributed by atoms with Gasteiger partial charge in [-0.15, -0.1) is 0 Å². The second kappa shape index (κ2) is 6.80. The van der Waals surface area contributed by atoms with Gasteiger partial charge in [0.05, 0.1) is 0 Å². The number of carbonyl (C=O) groups excluding carboxylic acids is 2. The van der Waals surface area contributed by atoms with Crippen LogP contribution in [0.15, 0.2) is 0 Å². The monoisotopic (exact) mass is 296 g/mol. The van der Waals surface area contributed by atoms with Crippen molar-refractivity contribution in [1.29, 1.82) is 0 Å². The minimum absolute atomic E-state index is 0.0253. The summed E-state index contributed by atoms with van der Waals surface area (Å²) in [5.41, 5.74) is 0.0606. The lowest BCUT2D eigenvalue weighted by molar-refractivity contribution is -0.138. The van der Waals surface area contributed by atoms with Crippen molar-refractivity contribution in [2.75, 3.05) is 13.1 Å². The van der Waals surface area contributed by atoms with Gasteiger partial charge in [0.1, 0.15) is 0 Å². The molecule has 2 saturated heterocycles. The van der Waals surface area contributed by atoms with Crippen LogP contribution in [0.2, 0.25) is 0 Å². The van der Waals surface area contributed by atoms with Gasteiger partial charge >= 0.3 is 0 Å². The summed E-state index contributed by atoms with van der Waals surface area (Å²) in [6.45, 7) is 14.4. The molecule has 0 aliphatic carbocycles. The molecule has 0 aromatic heterocycles. The first kappa shape index (κ1) is 18.0. The maximum atomic E-state index is 11.4. The van der Waals surface area contributed by atoms with Crippen LogP contribution in [0.5, 0.6) is 0 Å². The second-order valence-corrected chi connectivity index (χ2v) is 7.99. The molecule has 0 radical (unpaired) electrons. The summed E-state index contributed by atoms with van der Waals surface area (Å²) in [5.74, 6) is 0.635. The highest BCUT2D eigenvalue weighted by Gasteiger charge is 2.29. The molecule has 0 unspecified atom stereocenters. The van der Waals surface area contributed by atoms with E-state index in [9.17, 15) is 9.59 Å². The van der Waals surface area contributed by atoms with Crippen molar-refractivity contribution < 1.29 is 9.59 Å². The van der Waals surface area contributed by atoms with Crippen LogP contribution in [0, 0.1) is 0 Å². The maximum Gasteiger partial charge on any atom is 0.223 e. The van der Waals surface area contributed by atoms with Crippen LogP contribution >= 0.6 is 0 Å². The number of hydrogen-bond donors (Lipinski definition) is 0. The van der Waals surface area contributed by atoms with Crippen molar-refractivity contribution in [1.82, 2.24) is 9.80 Å². The van der Waals surface area contributed by atoms with E-state index in [1.54, 1.807) is 0 Å². The van der Waals surface area contributed by atoms with E-state index in [0.29, 0.717) is 11.8 Å². The Balaban J connectivity index is 0.000000211. The first-order chi connectivity index (χ1) is 9.53. The predicted octanol–water partition coefficient (Wildman–Crippen LogP) is 3.20. The zero-order valence-corrected chi connectivity index (χ0v) is 14.7. The van der Waals surface area contributed by atoms with Crippen molar-refractivity contribution in [3.8, 4) is 0 Å². The molecular weight excluding hydrogens is 264 g/mol. The molecule has 2 aliphatic heterocycles. The molecular formula is C17H32N2O2. The smallest absolute Gasteiger partial charge is 0.223 e. The van der Waals surface area contributed by atoms with Crippen LogP contribution in [-0.4, -0.2) is 45.8 Å². The average Bonchev–Trinajstić information content (AvgIpc) is 2.75. The Morgan fingerprint density at radius 3 is 1.33 bits per heavy atom. The molecule has 0 bridgehead atoms. The van der Waals surface area contributed by atoms with Crippen LogP contribution < -0.4 is 0 Å². The van der Waals surface area contributed by atoms with Gasteiger partial charge < -0.3 is 9.80 Å². The summed E-state index contributed by atoms with van der Waals surface area (Å²) in [4.78, 5) is 26.4. The highest BCUT2D eigenvalue weighted by Crippen LogP contribution is 2.21. The third kappa shape index (κ3) is 5.33. The van der Waals surface area contributed by atoms with Gasteiger partial charge in [0.15, 0.2) is 0 Å². The molecule has 21 heavy (non-hydrogen) atoms. The fraction of sp³-hybridized carbons (Fsp3) is 0.882. The number of nitrogens with zero attached hydrogens (tertiary/aromatic N) is 2. The minimum Gasteiger partial charge on any atom is -0.338 e. The van der Waals surface area contributed by atoms with E-state index < -0.39 is 0 Å². The number of carbonyl (C=O) groups is 2. The third-order valence-corrected chi connectivity index (χ3v) is 4.02. The molecule has 0 atom stereocenters. The fourth-order valence-electron chi connectivity index (χ4n) is 2.87. The first-order valence-electron chi connectivity index (χ1n) is 8.14. The van der Waals surface area contributed by atoms with E-state index >= 15 is 0 Å². The summed E-state index contributed by atoms with van der Waals surface area (Å²) in [6, 6.07) is 0. The van der Waals surface area contributed by atoms with Gasteiger partial charge in [0.25, 0.3) is 0 Å². The van der Waals surface area contributed by atoms with Crippen molar-refractivity contribution in [3.63, 3.8) is 0 Å². The van der Waals surface area contributed by atoms with E-state index in [1.807, 2.05) is 9.80 Å². The highest BCUT2D eigenvalue weighted by atomic mass is 16.2. The maximum absolute atomic E-state index is 11.4. The molecule has 0 aromatic carbocycles. The van der Waals surface area contributed by atoms with Gasteiger partial charge in [-0.25, -0.2) is 0 Å². The highest BCUT2D eigenvalue weighted by molar-refractivity contribution is 5.78.